The van der Waals surface area contributed by atoms with Crippen LogP contribution in [0.4, 0.5) is 52.7 Å². The van der Waals surface area contributed by atoms with Gasteiger partial charge in [-0.3, -0.25) is 0 Å². The topological polar surface area (TPSA) is 0 Å². The molecule has 25 heavy (non-hydrogen) atoms. The normalized spacial score (nSPS) is 12.0. The molecule has 0 saturated carbocycles. The molecule has 0 aromatic heterocycles. The molecule has 0 bridgehead atoms. The van der Waals surface area contributed by atoms with Crippen molar-refractivity contribution in [3.63, 3.8) is 0 Å². The smallest absolute Gasteiger partial charge is 0.203 e. The maximum atomic E-state index is 13.7. The number of hydrogen-bond donors (Lipinski definition) is 0. The van der Waals surface area contributed by atoms with Gasteiger partial charge in [0.05, 0.1) is 11.1 Å². The third-order valence-corrected chi connectivity index (χ3v) is 3.01. The van der Waals surface area contributed by atoms with Crippen molar-refractivity contribution in [2.75, 3.05) is 0 Å². The molecule has 0 aliphatic rings. The van der Waals surface area contributed by atoms with E-state index in [9.17, 15) is 52.7 Å². The van der Waals surface area contributed by atoms with E-state index in [-0.39, 0.29) is 0 Å². The van der Waals surface area contributed by atoms with Gasteiger partial charge in [0.1, 0.15) is 5.56 Å². The third-order valence-electron chi connectivity index (χ3n) is 3.01. The van der Waals surface area contributed by atoms with Crippen LogP contribution in [0.15, 0.2) is 0 Å². The maximum Gasteiger partial charge on any atom is 0.422 e. The van der Waals surface area contributed by atoms with Crippen molar-refractivity contribution >= 4 is 0 Å². The van der Waals surface area contributed by atoms with Gasteiger partial charge in [0.25, 0.3) is 0 Å². The molecule has 0 saturated heterocycles. The second-order valence-electron chi connectivity index (χ2n) is 4.45. The number of alkyl halides is 3. The van der Waals surface area contributed by atoms with Crippen LogP contribution in [0.25, 0.3) is 11.1 Å². The molecule has 0 atom stereocenters. The zero-order valence-corrected chi connectivity index (χ0v) is 11.0. The predicted molar refractivity (Wildman–Crippen MR) is 56.5 cm³/mol. The summed E-state index contributed by atoms with van der Waals surface area (Å²) in [5, 5.41) is 0. The largest absolute Gasteiger partial charge is 0.422 e. The fraction of sp³-hybridized carbons (Fsp3) is 0.0769. The quantitative estimate of drug-likeness (QED) is 0.340. The van der Waals surface area contributed by atoms with Gasteiger partial charge in [0, 0.05) is 0 Å². The Morgan fingerprint density at radius 1 is 0.360 bits per heavy atom. The van der Waals surface area contributed by atoms with Crippen LogP contribution >= 0.6 is 0 Å². The molecule has 0 radical (unpaired) electrons. The first kappa shape index (κ1) is 18.9. The van der Waals surface area contributed by atoms with Gasteiger partial charge in [-0.1, -0.05) is 0 Å². The van der Waals surface area contributed by atoms with Crippen molar-refractivity contribution in [3.05, 3.63) is 57.9 Å². The van der Waals surface area contributed by atoms with Gasteiger partial charge >= 0.3 is 6.18 Å². The van der Waals surface area contributed by atoms with Crippen molar-refractivity contribution in [1.82, 2.24) is 0 Å². The van der Waals surface area contributed by atoms with E-state index in [1.54, 1.807) is 0 Å². The number of halogens is 12. The molecule has 2 aromatic carbocycles. The van der Waals surface area contributed by atoms with E-state index < -0.39 is 75.2 Å². The molecular formula is C13F12. The van der Waals surface area contributed by atoms with E-state index in [0.717, 1.165) is 0 Å². The van der Waals surface area contributed by atoms with Gasteiger partial charge in [-0.15, -0.1) is 0 Å². The molecule has 0 spiro atoms. The van der Waals surface area contributed by atoms with E-state index >= 15 is 0 Å². The molecule has 2 aromatic rings. The SMILES string of the molecule is Fc1c(F)c(F)c(-c2c(F)c(F)c(C(F)(F)F)c(F)c2F)c(F)c1F. The number of hydrogen-bond acceptors (Lipinski definition) is 0. The Kier molecular flexibility index (Phi) is 4.43. The highest BCUT2D eigenvalue weighted by atomic mass is 19.4. The van der Waals surface area contributed by atoms with Crippen molar-refractivity contribution in [3.8, 4) is 11.1 Å². The highest BCUT2D eigenvalue weighted by Crippen LogP contribution is 2.41. The Balaban J connectivity index is 3.03. The second-order valence-corrected chi connectivity index (χ2v) is 4.45. The Morgan fingerprint density at radius 2 is 0.600 bits per heavy atom. The summed E-state index contributed by atoms with van der Waals surface area (Å²) in [5.41, 5.74) is -8.05. The number of benzene rings is 2. The molecule has 0 unspecified atom stereocenters. The highest BCUT2D eigenvalue weighted by Gasteiger charge is 2.43. The van der Waals surface area contributed by atoms with Gasteiger partial charge in [-0.05, 0) is 0 Å². The van der Waals surface area contributed by atoms with Crippen LogP contribution in [0.5, 0.6) is 0 Å². The van der Waals surface area contributed by atoms with Crippen LogP contribution < -0.4 is 0 Å². The minimum atomic E-state index is -5.95. The summed E-state index contributed by atoms with van der Waals surface area (Å²) in [6.45, 7) is 0. The van der Waals surface area contributed by atoms with E-state index in [4.69, 9.17) is 0 Å². The third kappa shape index (κ3) is 2.68. The summed E-state index contributed by atoms with van der Waals surface area (Å²) in [4.78, 5) is 0. The van der Waals surface area contributed by atoms with Crippen molar-refractivity contribution < 1.29 is 52.7 Å². The zero-order valence-electron chi connectivity index (χ0n) is 11.0. The lowest BCUT2D eigenvalue weighted by molar-refractivity contribution is -0.143. The first-order chi connectivity index (χ1) is 11.3. The summed E-state index contributed by atoms with van der Waals surface area (Å²) in [5.74, 6) is -26.2. The van der Waals surface area contributed by atoms with Crippen LogP contribution in [0.3, 0.4) is 0 Å². The molecule has 0 fully saturated rings. The molecule has 12 heteroatoms. The first-order valence-electron chi connectivity index (χ1n) is 5.77. The summed E-state index contributed by atoms with van der Waals surface area (Å²) >= 11 is 0. The van der Waals surface area contributed by atoms with Crippen molar-refractivity contribution in [1.29, 1.82) is 0 Å². The first-order valence-corrected chi connectivity index (χ1v) is 5.77. The summed E-state index contributed by atoms with van der Waals surface area (Å²) in [7, 11) is 0. The lowest BCUT2D eigenvalue weighted by Gasteiger charge is -2.15. The number of rotatable bonds is 1. The van der Waals surface area contributed by atoms with Gasteiger partial charge in [0.15, 0.2) is 46.5 Å². The Hall–Kier alpha value is -2.40. The van der Waals surface area contributed by atoms with Crippen LogP contribution in [0.1, 0.15) is 5.56 Å². The summed E-state index contributed by atoms with van der Waals surface area (Å²) in [6.07, 6.45) is -5.95. The molecule has 136 valence electrons. The molecule has 0 N–H and O–H groups in total. The molecule has 0 nitrogen and oxygen atoms in total. The van der Waals surface area contributed by atoms with E-state index in [1.165, 1.54) is 0 Å². The fourth-order valence-corrected chi connectivity index (χ4v) is 1.92. The average Bonchev–Trinajstić information content (AvgIpc) is 2.51. The zero-order chi connectivity index (χ0) is 19.4. The van der Waals surface area contributed by atoms with Crippen molar-refractivity contribution in [2.45, 2.75) is 6.18 Å². The van der Waals surface area contributed by atoms with Gasteiger partial charge in [0.2, 0.25) is 5.82 Å². The molecular weight excluding hydrogens is 384 g/mol. The highest BCUT2D eigenvalue weighted by molar-refractivity contribution is 5.68. The molecule has 0 heterocycles. The average molecular weight is 384 g/mol. The standard InChI is InChI=1S/C13F12/c14-4-1(2-6(16)10(20)12(22)11(21)7(2)17)5(15)9(19)3(8(4)18)13(23,24)25. The van der Waals surface area contributed by atoms with Crippen LogP contribution in [0, 0.1) is 52.4 Å². The molecule has 0 aliphatic carbocycles. The minimum absolute atomic E-state index is 2.46. The van der Waals surface area contributed by atoms with Crippen LogP contribution in [-0.2, 0) is 6.18 Å². The molecule has 0 amide bonds. The monoisotopic (exact) mass is 384 g/mol. The van der Waals surface area contributed by atoms with Crippen LogP contribution in [0.2, 0.25) is 0 Å². The minimum Gasteiger partial charge on any atom is -0.203 e. The maximum absolute atomic E-state index is 13.7. The summed E-state index contributed by atoms with van der Waals surface area (Å²) in [6, 6.07) is 0. The fourth-order valence-electron chi connectivity index (χ4n) is 1.92. The summed E-state index contributed by atoms with van der Waals surface area (Å²) < 4.78 is 157. The second kappa shape index (κ2) is 5.85. The van der Waals surface area contributed by atoms with Gasteiger partial charge in [-0.25, -0.2) is 39.5 Å². The van der Waals surface area contributed by atoms with Gasteiger partial charge in [-0.2, -0.15) is 13.2 Å². The van der Waals surface area contributed by atoms with E-state index in [1.807, 2.05) is 0 Å². The van der Waals surface area contributed by atoms with Crippen LogP contribution in [-0.4, -0.2) is 0 Å². The Morgan fingerprint density at radius 3 is 0.880 bits per heavy atom. The lowest BCUT2D eigenvalue weighted by Crippen LogP contribution is -2.17. The molecule has 2 rings (SSSR count). The lowest BCUT2D eigenvalue weighted by atomic mass is 9.99. The van der Waals surface area contributed by atoms with E-state index in [0.29, 0.717) is 0 Å². The molecule has 0 aliphatic heterocycles. The predicted octanol–water partition coefficient (Wildman–Crippen LogP) is 5.62. The van der Waals surface area contributed by atoms with Crippen molar-refractivity contribution in [2.24, 2.45) is 0 Å². The van der Waals surface area contributed by atoms with Gasteiger partial charge < -0.3 is 0 Å². The Bertz CT molecular complexity index is 822. The van der Waals surface area contributed by atoms with E-state index in [2.05, 4.69) is 0 Å². The Labute approximate surface area is 129 Å².